The molecule has 1 N–H and O–H groups in total. The number of ether oxygens (including phenoxy) is 1. The van der Waals surface area contributed by atoms with Crippen LogP contribution in [0.15, 0.2) is 48.5 Å². The summed E-state index contributed by atoms with van der Waals surface area (Å²) in [7, 11) is 1.69. The minimum atomic E-state index is 0.854. The lowest BCUT2D eigenvalue weighted by Crippen LogP contribution is -2.04. The Labute approximate surface area is 135 Å². The molecule has 0 saturated carbocycles. The van der Waals surface area contributed by atoms with Crippen LogP contribution < -0.4 is 10.1 Å². The van der Waals surface area contributed by atoms with E-state index in [1.165, 1.54) is 11.1 Å². The molecule has 1 aliphatic heterocycles. The molecule has 4 nitrogen and oxygen atoms in total. The van der Waals surface area contributed by atoms with Crippen molar-refractivity contribution in [2.75, 3.05) is 19.0 Å². The van der Waals surface area contributed by atoms with E-state index in [4.69, 9.17) is 9.84 Å². The Hall–Kier alpha value is -2.75. The Morgan fingerprint density at radius 3 is 2.83 bits per heavy atom. The van der Waals surface area contributed by atoms with Gasteiger partial charge in [0.15, 0.2) is 0 Å². The third kappa shape index (κ3) is 2.36. The first-order valence-corrected chi connectivity index (χ1v) is 7.83. The van der Waals surface area contributed by atoms with E-state index in [0.29, 0.717) is 0 Å². The minimum Gasteiger partial charge on any atom is -0.497 e. The molecule has 3 aromatic rings. The maximum absolute atomic E-state index is 5.35. The Morgan fingerprint density at radius 2 is 2.00 bits per heavy atom. The molecule has 0 fully saturated rings. The summed E-state index contributed by atoms with van der Waals surface area (Å²) < 4.78 is 7.37. The molecular formula is C19H19N3O. The molecule has 0 atom stereocenters. The van der Waals surface area contributed by atoms with Gasteiger partial charge in [0.05, 0.1) is 18.5 Å². The topological polar surface area (TPSA) is 39.1 Å². The van der Waals surface area contributed by atoms with Gasteiger partial charge in [0.25, 0.3) is 0 Å². The van der Waals surface area contributed by atoms with Crippen LogP contribution in [0, 0.1) is 6.92 Å². The summed E-state index contributed by atoms with van der Waals surface area (Å²) in [6.45, 7) is 3.06. The van der Waals surface area contributed by atoms with E-state index in [0.717, 1.165) is 41.5 Å². The van der Waals surface area contributed by atoms with E-state index in [9.17, 15) is 0 Å². The molecule has 4 rings (SSSR count). The highest BCUT2D eigenvalue weighted by atomic mass is 16.5. The van der Waals surface area contributed by atoms with Gasteiger partial charge < -0.3 is 10.1 Å². The van der Waals surface area contributed by atoms with Gasteiger partial charge in [-0.3, -0.25) is 0 Å². The van der Waals surface area contributed by atoms with Crippen LogP contribution in [0.3, 0.4) is 0 Å². The first-order valence-electron chi connectivity index (χ1n) is 7.83. The molecule has 2 aromatic carbocycles. The van der Waals surface area contributed by atoms with Gasteiger partial charge in [0.2, 0.25) is 0 Å². The molecule has 0 aliphatic carbocycles. The van der Waals surface area contributed by atoms with Gasteiger partial charge in [-0.1, -0.05) is 24.3 Å². The first-order chi connectivity index (χ1) is 11.3. The molecule has 4 heteroatoms. The largest absolute Gasteiger partial charge is 0.497 e. The predicted molar refractivity (Wildman–Crippen MR) is 92.5 cm³/mol. The normalized spacial score (nSPS) is 12.8. The number of nitrogens with zero attached hydrogens (tertiary/aromatic N) is 2. The van der Waals surface area contributed by atoms with Gasteiger partial charge in [0, 0.05) is 17.7 Å². The van der Waals surface area contributed by atoms with Crippen molar-refractivity contribution in [3.63, 3.8) is 0 Å². The highest BCUT2D eigenvalue weighted by molar-refractivity contribution is 5.73. The molecule has 0 saturated heterocycles. The van der Waals surface area contributed by atoms with Gasteiger partial charge >= 0.3 is 0 Å². The number of anilines is 1. The van der Waals surface area contributed by atoms with Gasteiger partial charge in [-0.2, -0.15) is 5.10 Å². The molecule has 0 spiro atoms. The number of benzene rings is 2. The smallest absolute Gasteiger partial charge is 0.133 e. The fourth-order valence-corrected chi connectivity index (χ4v) is 3.12. The lowest BCUT2D eigenvalue weighted by Gasteiger charge is -2.07. The zero-order valence-electron chi connectivity index (χ0n) is 13.3. The fraction of sp³-hybridized carbons (Fsp3) is 0.211. The Bertz CT molecular complexity index is 867. The van der Waals surface area contributed by atoms with Crippen molar-refractivity contribution >= 4 is 5.82 Å². The predicted octanol–water partition coefficient (Wildman–Crippen LogP) is 3.82. The molecule has 0 radical (unpaired) electrons. The van der Waals surface area contributed by atoms with Crippen LogP contribution in [0.2, 0.25) is 0 Å². The monoisotopic (exact) mass is 305 g/mol. The van der Waals surface area contributed by atoms with Gasteiger partial charge in [-0.25, -0.2) is 4.68 Å². The minimum absolute atomic E-state index is 0.854. The zero-order chi connectivity index (χ0) is 15.8. The van der Waals surface area contributed by atoms with Crippen molar-refractivity contribution in [1.29, 1.82) is 0 Å². The number of hydrogen-bond donors (Lipinski definition) is 1. The molecular weight excluding hydrogens is 286 g/mol. The second kappa shape index (κ2) is 5.47. The summed E-state index contributed by atoms with van der Waals surface area (Å²) in [5, 5.41) is 8.36. The lowest BCUT2D eigenvalue weighted by molar-refractivity contribution is 0.415. The number of aryl methyl sites for hydroxylation is 1. The third-order valence-electron chi connectivity index (χ3n) is 4.24. The van der Waals surface area contributed by atoms with Crippen LogP contribution in [0.25, 0.3) is 16.9 Å². The number of nitrogens with one attached hydrogen (secondary N) is 1. The summed E-state index contributed by atoms with van der Waals surface area (Å²) >= 11 is 0. The maximum Gasteiger partial charge on any atom is 0.133 e. The van der Waals surface area contributed by atoms with Crippen LogP contribution >= 0.6 is 0 Å². The number of methoxy groups -OCH3 is 1. The average Bonchev–Trinajstić information content (AvgIpc) is 3.17. The Balaban J connectivity index is 1.88. The van der Waals surface area contributed by atoms with Crippen molar-refractivity contribution in [2.24, 2.45) is 0 Å². The zero-order valence-corrected chi connectivity index (χ0v) is 13.3. The Morgan fingerprint density at radius 1 is 1.13 bits per heavy atom. The highest BCUT2D eigenvalue weighted by Gasteiger charge is 2.24. The number of fused-ring (bicyclic) bond motifs is 1. The van der Waals surface area contributed by atoms with Crippen molar-refractivity contribution in [2.45, 2.75) is 13.3 Å². The summed E-state index contributed by atoms with van der Waals surface area (Å²) in [6, 6.07) is 16.5. The van der Waals surface area contributed by atoms with Gasteiger partial charge in [-0.05, 0) is 43.2 Å². The SMILES string of the molecule is COc1cccc(-c2nn(-c3cccc(C)c3)c3c2CCN3)c1. The summed E-state index contributed by atoms with van der Waals surface area (Å²) in [5.74, 6) is 1.96. The number of rotatable bonds is 3. The second-order valence-electron chi connectivity index (χ2n) is 5.84. The first kappa shape index (κ1) is 13.9. The average molecular weight is 305 g/mol. The maximum atomic E-state index is 5.35. The molecule has 0 unspecified atom stereocenters. The third-order valence-corrected chi connectivity index (χ3v) is 4.24. The summed E-state index contributed by atoms with van der Waals surface area (Å²) in [6.07, 6.45) is 0.994. The molecule has 0 amide bonds. The van der Waals surface area contributed by atoms with Crippen LogP contribution in [-0.4, -0.2) is 23.4 Å². The van der Waals surface area contributed by atoms with Gasteiger partial charge in [0.1, 0.15) is 11.6 Å². The van der Waals surface area contributed by atoms with E-state index in [1.54, 1.807) is 7.11 Å². The molecule has 1 aromatic heterocycles. The summed E-state index contributed by atoms with van der Waals surface area (Å²) in [5.41, 5.74) is 5.72. The summed E-state index contributed by atoms with van der Waals surface area (Å²) in [4.78, 5) is 0. The highest BCUT2D eigenvalue weighted by Crippen LogP contribution is 2.35. The van der Waals surface area contributed by atoms with Crippen molar-refractivity contribution in [3.05, 3.63) is 59.7 Å². The van der Waals surface area contributed by atoms with E-state index in [2.05, 4.69) is 42.6 Å². The molecule has 116 valence electrons. The van der Waals surface area contributed by atoms with E-state index < -0.39 is 0 Å². The standard InChI is InChI=1S/C19H19N3O/c1-13-5-3-7-15(11-13)22-19-17(9-10-20-19)18(21-22)14-6-4-8-16(12-14)23-2/h3-8,11-12,20H,9-10H2,1-2H3. The van der Waals surface area contributed by atoms with Crippen molar-refractivity contribution in [1.82, 2.24) is 9.78 Å². The number of hydrogen-bond acceptors (Lipinski definition) is 3. The van der Waals surface area contributed by atoms with E-state index in [-0.39, 0.29) is 0 Å². The van der Waals surface area contributed by atoms with Crippen molar-refractivity contribution < 1.29 is 4.74 Å². The molecule has 23 heavy (non-hydrogen) atoms. The van der Waals surface area contributed by atoms with Crippen LogP contribution in [0.1, 0.15) is 11.1 Å². The molecule has 2 heterocycles. The quantitative estimate of drug-likeness (QED) is 0.799. The van der Waals surface area contributed by atoms with Crippen LogP contribution in [0.4, 0.5) is 5.82 Å². The van der Waals surface area contributed by atoms with Gasteiger partial charge in [-0.15, -0.1) is 0 Å². The second-order valence-corrected chi connectivity index (χ2v) is 5.84. The van der Waals surface area contributed by atoms with Crippen LogP contribution in [-0.2, 0) is 6.42 Å². The molecule has 1 aliphatic rings. The van der Waals surface area contributed by atoms with Crippen LogP contribution in [0.5, 0.6) is 5.75 Å². The molecule has 0 bridgehead atoms. The number of aromatic nitrogens is 2. The fourth-order valence-electron chi connectivity index (χ4n) is 3.12. The van der Waals surface area contributed by atoms with E-state index >= 15 is 0 Å². The lowest BCUT2D eigenvalue weighted by atomic mass is 10.1. The van der Waals surface area contributed by atoms with E-state index in [1.807, 2.05) is 22.9 Å². The van der Waals surface area contributed by atoms with Crippen molar-refractivity contribution in [3.8, 4) is 22.7 Å². The Kier molecular flexibility index (Phi) is 3.30.